The molecule has 0 aliphatic heterocycles. The van der Waals surface area contributed by atoms with Crippen LogP contribution < -0.4 is 4.90 Å². The monoisotopic (exact) mass is 702 g/mol. The minimum Gasteiger partial charge on any atom is -0.456 e. The van der Waals surface area contributed by atoms with Gasteiger partial charge in [-0.1, -0.05) is 146 Å². The van der Waals surface area contributed by atoms with Crippen LogP contribution in [0.15, 0.2) is 211 Å². The minimum atomic E-state index is -0.520. The number of rotatable bonds is 6. The highest BCUT2D eigenvalue weighted by Gasteiger charge is 2.46. The van der Waals surface area contributed by atoms with Gasteiger partial charge in [-0.2, -0.15) is 0 Å². The van der Waals surface area contributed by atoms with Crippen LogP contribution in [0.3, 0.4) is 0 Å². The van der Waals surface area contributed by atoms with Crippen molar-refractivity contribution in [2.24, 2.45) is 0 Å². The Labute approximate surface area is 319 Å². The molecule has 0 unspecified atom stereocenters. The lowest BCUT2D eigenvalue weighted by Crippen LogP contribution is -2.28. The van der Waals surface area contributed by atoms with Gasteiger partial charge < -0.3 is 9.32 Å². The van der Waals surface area contributed by atoms with Gasteiger partial charge in [0.25, 0.3) is 0 Å². The molecule has 3 heteroatoms. The molecule has 1 aliphatic rings. The van der Waals surface area contributed by atoms with Gasteiger partial charge in [-0.15, -0.1) is 0 Å². The summed E-state index contributed by atoms with van der Waals surface area (Å²) in [7, 11) is 0. The second kappa shape index (κ2) is 12.4. The largest absolute Gasteiger partial charge is 0.456 e. The lowest BCUT2D eigenvalue weighted by atomic mass is 9.67. The maximum atomic E-state index is 6.65. The van der Waals surface area contributed by atoms with Crippen molar-refractivity contribution in [2.75, 3.05) is 4.90 Å². The normalized spacial score (nSPS) is 12.9. The third kappa shape index (κ3) is 4.80. The first-order valence-corrected chi connectivity index (χ1v) is 18.8. The van der Waals surface area contributed by atoms with E-state index in [2.05, 4.69) is 204 Å². The van der Waals surface area contributed by atoms with Crippen LogP contribution in [0.25, 0.3) is 55.1 Å². The van der Waals surface area contributed by atoms with E-state index < -0.39 is 5.41 Å². The molecule has 0 spiro atoms. The van der Waals surface area contributed by atoms with Crippen LogP contribution in [0.1, 0.15) is 22.3 Å². The number of aromatic nitrogens is 1. The van der Waals surface area contributed by atoms with E-state index in [0.29, 0.717) is 0 Å². The molecule has 11 rings (SSSR count). The van der Waals surface area contributed by atoms with Crippen molar-refractivity contribution in [3.8, 4) is 22.3 Å². The van der Waals surface area contributed by atoms with Gasteiger partial charge in [0.1, 0.15) is 11.2 Å². The predicted octanol–water partition coefficient (Wildman–Crippen LogP) is 13.6. The van der Waals surface area contributed by atoms with E-state index in [9.17, 15) is 0 Å². The zero-order valence-electron chi connectivity index (χ0n) is 29.9. The first kappa shape index (κ1) is 31.3. The third-order valence-electron chi connectivity index (χ3n) is 11.4. The summed E-state index contributed by atoms with van der Waals surface area (Å²) in [5.41, 5.74) is 15.1. The molecular weight excluding hydrogens is 669 g/mol. The number of pyridine rings is 1. The molecule has 0 bridgehead atoms. The minimum absolute atomic E-state index is 0.520. The highest BCUT2D eigenvalue weighted by atomic mass is 16.3. The second-order valence-corrected chi connectivity index (χ2v) is 14.3. The topological polar surface area (TPSA) is 29.3 Å². The van der Waals surface area contributed by atoms with Crippen LogP contribution in [-0.2, 0) is 5.41 Å². The highest BCUT2D eigenvalue weighted by molar-refractivity contribution is 6.10. The summed E-state index contributed by atoms with van der Waals surface area (Å²) < 4.78 is 6.65. The van der Waals surface area contributed by atoms with Crippen molar-refractivity contribution in [2.45, 2.75) is 5.41 Å². The van der Waals surface area contributed by atoms with Gasteiger partial charge in [-0.05, 0) is 87.5 Å². The van der Waals surface area contributed by atoms with Gasteiger partial charge in [0.15, 0.2) is 0 Å². The Morgan fingerprint density at radius 3 is 1.84 bits per heavy atom. The molecular formula is C52H34N2O. The molecule has 10 aromatic rings. The van der Waals surface area contributed by atoms with E-state index in [4.69, 9.17) is 4.42 Å². The Balaban J connectivity index is 1.19. The van der Waals surface area contributed by atoms with Gasteiger partial charge in [0.05, 0.1) is 16.6 Å². The summed E-state index contributed by atoms with van der Waals surface area (Å²) in [5.74, 6) is 0. The number of hydrogen-bond acceptors (Lipinski definition) is 3. The average Bonchev–Trinajstić information content (AvgIpc) is 3.76. The molecule has 0 atom stereocenters. The maximum absolute atomic E-state index is 6.65. The van der Waals surface area contributed by atoms with E-state index in [0.717, 1.165) is 61.0 Å². The third-order valence-corrected chi connectivity index (χ3v) is 11.4. The molecule has 0 saturated carbocycles. The van der Waals surface area contributed by atoms with Gasteiger partial charge in [0, 0.05) is 45.4 Å². The molecule has 0 amide bonds. The molecule has 1 aliphatic carbocycles. The molecule has 0 radical (unpaired) electrons. The van der Waals surface area contributed by atoms with Crippen LogP contribution in [0.4, 0.5) is 17.1 Å². The summed E-state index contributed by atoms with van der Waals surface area (Å²) in [6.45, 7) is 0. The van der Waals surface area contributed by atoms with E-state index in [-0.39, 0.29) is 0 Å². The SMILES string of the molecule is c1ccc(-c2ccccc2N(c2ccc3c(c2)C(c2ccccc2)(c2ccccc2)c2ccccc2-3)c2ccc3c(c2)oc2cc4cccnc4cc23)cc1. The Hall–Kier alpha value is -7.23. The molecule has 0 N–H and O–H groups in total. The number of anilines is 3. The van der Waals surface area contributed by atoms with E-state index in [1.807, 2.05) is 12.3 Å². The zero-order valence-corrected chi connectivity index (χ0v) is 29.9. The lowest BCUT2D eigenvalue weighted by molar-refractivity contribution is 0.669. The van der Waals surface area contributed by atoms with Gasteiger partial charge >= 0.3 is 0 Å². The molecule has 3 nitrogen and oxygen atoms in total. The fourth-order valence-corrected chi connectivity index (χ4v) is 9.00. The van der Waals surface area contributed by atoms with Crippen LogP contribution >= 0.6 is 0 Å². The van der Waals surface area contributed by atoms with Gasteiger partial charge in [-0.3, -0.25) is 4.98 Å². The summed E-state index contributed by atoms with van der Waals surface area (Å²) in [6, 6.07) is 72.2. The number of benzene rings is 8. The Kier molecular flexibility index (Phi) is 7.08. The quantitative estimate of drug-likeness (QED) is 0.173. The van der Waals surface area contributed by atoms with Crippen molar-refractivity contribution in [3.05, 3.63) is 229 Å². The van der Waals surface area contributed by atoms with Gasteiger partial charge in [-0.25, -0.2) is 0 Å². The molecule has 0 fully saturated rings. The van der Waals surface area contributed by atoms with E-state index in [1.165, 1.54) is 33.4 Å². The number of furan rings is 1. The molecule has 55 heavy (non-hydrogen) atoms. The molecule has 258 valence electrons. The fraction of sp³-hybridized carbons (Fsp3) is 0.0192. The number of nitrogens with zero attached hydrogens (tertiary/aromatic N) is 2. The highest BCUT2D eigenvalue weighted by Crippen LogP contribution is 2.57. The predicted molar refractivity (Wildman–Crippen MR) is 226 cm³/mol. The zero-order chi connectivity index (χ0) is 36.3. The van der Waals surface area contributed by atoms with Crippen molar-refractivity contribution in [1.29, 1.82) is 0 Å². The van der Waals surface area contributed by atoms with Crippen molar-refractivity contribution < 1.29 is 4.42 Å². The van der Waals surface area contributed by atoms with Crippen molar-refractivity contribution in [3.63, 3.8) is 0 Å². The average molecular weight is 703 g/mol. The number of hydrogen-bond donors (Lipinski definition) is 0. The van der Waals surface area contributed by atoms with E-state index in [1.54, 1.807) is 0 Å². The van der Waals surface area contributed by atoms with Gasteiger partial charge in [0.2, 0.25) is 0 Å². The van der Waals surface area contributed by atoms with Crippen LogP contribution in [0, 0.1) is 0 Å². The van der Waals surface area contributed by atoms with Crippen molar-refractivity contribution in [1.82, 2.24) is 4.98 Å². The summed E-state index contributed by atoms with van der Waals surface area (Å²) in [5, 5.41) is 3.20. The first-order chi connectivity index (χ1) is 27.3. The molecule has 8 aromatic carbocycles. The smallest absolute Gasteiger partial charge is 0.137 e. The molecule has 0 saturated heterocycles. The Morgan fingerprint density at radius 1 is 0.436 bits per heavy atom. The summed E-state index contributed by atoms with van der Waals surface area (Å²) in [4.78, 5) is 7.03. The summed E-state index contributed by atoms with van der Waals surface area (Å²) >= 11 is 0. The first-order valence-electron chi connectivity index (χ1n) is 18.8. The van der Waals surface area contributed by atoms with Crippen molar-refractivity contribution >= 4 is 49.9 Å². The maximum Gasteiger partial charge on any atom is 0.137 e. The van der Waals surface area contributed by atoms with Crippen LogP contribution in [0.2, 0.25) is 0 Å². The second-order valence-electron chi connectivity index (χ2n) is 14.3. The lowest BCUT2D eigenvalue weighted by Gasteiger charge is -2.35. The number of fused-ring (bicyclic) bond motifs is 7. The Bertz CT molecular complexity index is 3000. The molecule has 2 aromatic heterocycles. The van der Waals surface area contributed by atoms with E-state index >= 15 is 0 Å². The summed E-state index contributed by atoms with van der Waals surface area (Å²) in [6.07, 6.45) is 1.84. The molecule has 2 heterocycles. The van der Waals surface area contributed by atoms with Crippen LogP contribution in [0.5, 0.6) is 0 Å². The number of para-hydroxylation sites is 1. The standard InChI is InChI=1S/C52H34N2O/c1-4-15-35(16-5-1)41-22-11-13-25-49(41)54(40-27-29-44-45-34-48-36(17-14-30-53-48)31-50(45)55-51(44)33-40)39-26-28-43-42-23-10-12-24-46(42)52(47(43)32-39,37-18-6-2-7-19-37)38-20-8-3-9-21-38/h1-34H. The Morgan fingerprint density at radius 2 is 1.05 bits per heavy atom. The van der Waals surface area contributed by atoms with Crippen LogP contribution in [-0.4, -0.2) is 4.98 Å². The fourth-order valence-electron chi connectivity index (χ4n) is 9.00.